The van der Waals surface area contributed by atoms with Gasteiger partial charge in [0.15, 0.2) is 5.13 Å². The monoisotopic (exact) mass is 516 g/mol. The van der Waals surface area contributed by atoms with E-state index >= 15 is 0 Å². The van der Waals surface area contributed by atoms with Crippen LogP contribution in [0.3, 0.4) is 0 Å². The number of carbonyl (C=O) groups is 2. The first-order valence-corrected chi connectivity index (χ1v) is 12.4. The second kappa shape index (κ2) is 9.97. The van der Waals surface area contributed by atoms with Crippen molar-refractivity contribution in [1.82, 2.24) is 4.98 Å². The minimum atomic E-state index is -0.842. The SMILES string of the molecule is Cc1cccc(COc2ccc(/C(O)=C3\C(=O)C(=O)N(c4nccs4)[C@H]3c3ccc(Cl)cc3)cc2)c1. The Morgan fingerprint density at radius 1 is 1.08 bits per heavy atom. The van der Waals surface area contributed by atoms with Gasteiger partial charge in [0, 0.05) is 22.2 Å². The van der Waals surface area contributed by atoms with Crippen LogP contribution < -0.4 is 9.64 Å². The third-order valence-corrected chi connectivity index (χ3v) is 6.89. The van der Waals surface area contributed by atoms with Crippen LogP contribution in [0.1, 0.15) is 28.3 Å². The molecule has 0 radical (unpaired) electrons. The summed E-state index contributed by atoms with van der Waals surface area (Å²) in [6.07, 6.45) is 1.56. The lowest BCUT2D eigenvalue weighted by Crippen LogP contribution is -2.29. The summed E-state index contributed by atoms with van der Waals surface area (Å²) in [5.41, 5.74) is 3.22. The molecule has 0 saturated carbocycles. The lowest BCUT2D eigenvalue weighted by atomic mass is 9.95. The average Bonchev–Trinajstić information content (AvgIpc) is 3.50. The quantitative estimate of drug-likeness (QED) is 0.184. The van der Waals surface area contributed by atoms with Gasteiger partial charge in [0.25, 0.3) is 5.78 Å². The molecule has 8 heteroatoms. The summed E-state index contributed by atoms with van der Waals surface area (Å²) < 4.78 is 5.87. The third kappa shape index (κ3) is 4.63. The molecular weight excluding hydrogens is 496 g/mol. The van der Waals surface area contributed by atoms with E-state index in [0.717, 1.165) is 11.1 Å². The minimum Gasteiger partial charge on any atom is -0.507 e. The number of carbonyl (C=O) groups excluding carboxylic acids is 2. The van der Waals surface area contributed by atoms with E-state index in [1.54, 1.807) is 60.1 Å². The molecule has 0 unspecified atom stereocenters. The second-order valence-corrected chi connectivity index (χ2v) is 9.65. The van der Waals surface area contributed by atoms with E-state index in [1.165, 1.54) is 16.2 Å². The van der Waals surface area contributed by atoms with Crippen molar-refractivity contribution in [3.63, 3.8) is 0 Å². The third-order valence-electron chi connectivity index (χ3n) is 5.87. The fourth-order valence-corrected chi connectivity index (χ4v) is 4.95. The summed E-state index contributed by atoms with van der Waals surface area (Å²) in [4.78, 5) is 31.7. The van der Waals surface area contributed by atoms with Gasteiger partial charge in [-0.1, -0.05) is 53.6 Å². The number of halogens is 1. The maximum absolute atomic E-state index is 13.1. The molecule has 36 heavy (non-hydrogen) atoms. The van der Waals surface area contributed by atoms with Crippen LogP contribution in [0.5, 0.6) is 5.75 Å². The smallest absolute Gasteiger partial charge is 0.301 e. The zero-order valence-electron chi connectivity index (χ0n) is 19.2. The Labute approximate surface area is 217 Å². The van der Waals surface area contributed by atoms with Crippen LogP contribution >= 0.6 is 22.9 Å². The van der Waals surface area contributed by atoms with Crippen LogP contribution in [0.2, 0.25) is 5.02 Å². The lowest BCUT2D eigenvalue weighted by Gasteiger charge is -2.23. The first-order chi connectivity index (χ1) is 17.4. The largest absolute Gasteiger partial charge is 0.507 e. The summed E-state index contributed by atoms with van der Waals surface area (Å²) >= 11 is 7.30. The van der Waals surface area contributed by atoms with Gasteiger partial charge in [-0.05, 0) is 54.4 Å². The van der Waals surface area contributed by atoms with Crippen LogP contribution in [0, 0.1) is 6.92 Å². The molecule has 5 rings (SSSR count). The molecule has 1 aliphatic heterocycles. The molecule has 1 N–H and O–H groups in total. The molecule has 0 aliphatic carbocycles. The van der Waals surface area contributed by atoms with Gasteiger partial charge in [0.2, 0.25) is 0 Å². The summed E-state index contributed by atoms with van der Waals surface area (Å²) in [7, 11) is 0. The van der Waals surface area contributed by atoms with Crippen molar-refractivity contribution in [2.75, 3.05) is 4.90 Å². The number of rotatable bonds is 6. The van der Waals surface area contributed by atoms with Gasteiger partial charge in [0.05, 0.1) is 11.6 Å². The Hall–Kier alpha value is -3.94. The predicted octanol–water partition coefficient (Wildman–Crippen LogP) is 6.31. The van der Waals surface area contributed by atoms with Crippen molar-refractivity contribution in [1.29, 1.82) is 0 Å². The van der Waals surface area contributed by atoms with Gasteiger partial charge in [0.1, 0.15) is 18.1 Å². The van der Waals surface area contributed by atoms with E-state index in [0.29, 0.717) is 33.6 Å². The van der Waals surface area contributed by atoms with Crippen LogP contribution in [-0.2, 0) is 16.2 Å². The van der Waals surface area contributed by atoms with Crippen molar-refractivity contribution in [3.8, 4) is 5.75 Å². The van der Waals surface area contributed by atoms with Crippen molar-refractivity contribution in [3.05, 3.63) is 117 Å². The molecule has 180 valence electrons. The van der Waals surface area contributed by atoms with Crippen LogP contribution in [0.4, 0.5) is 5.13 Å². The highest BCUT2D eigenvalue weighted by atomic mass is 35.5. The number of ether oxygens (including phenoxy) is 1. The Balaban J connectivity index is 1.48. The normalized spacial score (nSPS) is 16.9. The van der Waals surface area contributed by atoms with Gasteiger partial charge < -0.3 is 9.84 Å². The number of benzene rings is 3. The van der Waals surface area contributed by atoms with E-state index < -0.39 is 17.7 Å². The minimum absolute atomic E-state index is 0.00838. The average molecular weight is 517 g/mol. The van der Waals surface area contributed by atoms with E-state index in [-0.39, 0.29) is 11.3 Å². The molecule has 1 atom stereocenters. The number of nitrogens with zero attached hydrogens (tertiary/aromatic N) is 2. The highest BCUT2D eigenvalue weighted by molar-refractivity contribution is 7.14. The summed E-state index contributed by atoms with van der Waals surface area (Å²) in [6, 6.07) is 20.8. The highest BCUT2D eigenvalue weighted by Gasteiger charge is 2.47. The fourth-order valence-electron chi connectivity index (χ4n) is 4.16. The molecule has 2 heterocycles. The standard InChI is InChI=1S/C28H21ClN2O4S/c1-17-3-2-4-18(15-17)16-35-22-11-7-20(8-12-22)25(32)23-24(19-5-9-21(29)10-6-19)31(27(34)26(23)33)28-30-13-14-36-28/h2-15,24,32H,16H2,1H3/b25-23+/t24-/m0/s1. The fraction of sp³-hybridized carbons (Fsp3) is 0.107. The van der Waals surface area contributed by atoms with E-state index in [2.05, 4.69) is 11.1 Å². The first-order valence-electron chi connectivity index (χ1n) is 11.2. The first kappa shape index (κ1) is 23.8. The summed E-state index contributed by atoms with van der Waals surface area (Å²) in [5, 5.41) is 13.9. The molecule has 1 aliphatic rings. The Kier molecular flexibility index (Phi) is 6.59. The van der Waals surface area contributed by atoms with E-state index in [1.807, 2.05) is 25.1 Å². The zero-order chi connectivity index (χ0) is 25.2. The number of ketones is 1. The number of hydrogen-bond acceptors (Lipinski definition) is 6. The molecule has 0 spiro atoms. The second-order valence-electron chi connectivity index (χ2n) is 8.34. The topological polar surface area (TPSA) is 79.7 Å². The number of thiazole rings is 1. The Morgan fingerprint density at radius 2 is 1.83 bits per heavy atom. The molecule has 4 aromatic rings. The molecule has 0 bridgehead atoms. The summed E-state index contributed by atoms with van der Waals surface area (Å²) in [6.45, 7) is 2.43. The molecule has 3 aromatic carbocycles. The molecule has 1 amide bonds. The van der Waals surface area contributed by atoms with Crippen LogP contribution in [0.25, 0.3) is 5.76 Å². The van der Waals surface area contributed by atoms with E-state index in [4.69, 9.17) is 16.3 Å². The molecule has 1 aromatic heterocycles. The van der Waals surface area contributed by atoms with E-state index in [9.17, 15) is 14.7 Å². The van der Waals surface area contributed by atoms with Crippen molar-refractivity contribution >= 4 is 45.5 Å². The molecular formula is C28H21ClN2O4S. The number of aliphatic hydroxyl groups is 1. The number of anilines is 1. The number of aromatic nitrogens is 1. The predicted molar refractivity (Wildman–Crippen MR) is 140 cm³/mol. The van der Waals surface area contributed by atoms with Gasteiger partial charge in [-0.15, -0.1) is 11.3 Å². The van der Waals surface area contributed by atoms with Crippen molar-refractivity contribution < 1.29 is 19.4 Å². The molecule has 1 fully saturated rings. The van der Waals surface area contributed by atoms with Gasteiger partial charge in [-0.3, -0.25) is 14.5 Å². The van der Waals surface area contributed by atoms with Gasteiger partial charge in [-0.2, -0.15) is 0 Å². The van der Waals surface area contributed by atoms with Gasteiger partial charge in [-0.25, -0.2) is 4.98 Å². The maximum Gasteiger partial charge on any atom is 0.301 e. The number of amides is 1. The number of aryl methyl sites for hydroxylation is 1. The van der Waals surface area contributed by atoms with Crippen LogP contribution in [-0.4, -0.2) is 21.8 Å². The highest BCUT2D eigenvalue weighted by Crippen LogP contribution is 2.43. The Bertz CT molecular complexity index is 1450. The number of aliphatic hydroxyl groups excluding tert-OH is 1. The maximum atomic E-state index is 13.1. The van der Waals surface area contributed by atoms with Gasteiger partial charge >= 0.3 is 5.91 Å². The number of hydrogen-bond donors (Lipinski definition) is 1. The van der Waals surface area contributed by atoms with Crippen molar-refractivity contribution in [2.24, 2.45) is 0 Å². The molecule has 1 saturated heterocycles. The number of Topliss-reactive ketones (excluding diaryl/α,β-unsaturated/α-hetero) is 1. The molecule has 6 nitrogen and oxygen atoms in total. The zero-order valence-corrected chi connectivity index (χ0v) is 20.8. The lowest BCUT2D eigenvalue weighted by molar-refractivity contribution is -0.132. The Morgan fingerprint density at radius 3 is 2.50 bits per heavy atom. The van der Waals surface area contributed by atoms with Crippen molar-refractivity contribution in [2.45, 2.75) is 19.6 Å². The summed E-state index contributed by atoms with van der Waals surface area (Å²) in [5.74, 6) is -1.17. The van der Waals surface area contributed by atoms with Crippen LogP contribution in [0.15, 0.2) is 89.9 Å².